The molecule has 0 amide bonds. The summed E-state index contributed by atoms with van der Waals surface area (Å²) in [5.41, 5.74) is 1.64. The number of hydrogen-bond donors (Lipinski definition) is 1. The maximum atomic E-state index is 13.7. The van der Waals surface area contributed by atoms with Crippen LogP contribution >= 0.6 is 30.5 Å². The Morgan fingerprint density at radius 3 is 1.71 bits per heavy atom. The first-order valence-electron chi connectivity index (χ1n) is 9.42. The van der Waals surface area contributed by atoms with Crippen molar-refractivity contribution in [1.82, 2.24) is 9.99 Å². The van der Waals surface area contributed by atoms with E-state index in [1.807, 2.05) is 60.7 Å². The molecule has 2 rings (SSSR count). The van der Waals surface area contributed by atoms with Crippen molar-refractivity contribution in [2.45, 2.75) is 13.8 Å². The number of nitrogens with one attached hydrogen (secondary N) is 1. The Bertz CT molecular complexity index is 775. The van der Waals surface area contributed by atoms with Gasteiger partial charge < -0.3 is 4.90 Å². The number of likely N-dealkylation sites (N-methyl/N-ethyl adjacent to an activating group) is 1. The Labute approximate surface area is 178 Å². The summed E-state index contributed by atoms with van der Waals surface area (Å²) in [5, 5.41) is 4.06. The van der Waals surface area contributed by atoms with Crippen LogP contribution < -0.4 is 5.09 Å². The lowest BCUT2D eigenvalue weighted by Gasteiger charge is -2.20. The van der Waals surface area contributed by atoms with Gasteiger partial charge in [0.15, 0.2) is 7.29 Å². The molecule has 0 fully saturated rings. The van der Waals surface area contributed by atoms with Crippen LogP contribution in [0, 0.1) is 0 Å². The summed E-state index contributed by atoms with van der Waals surface area (Å²) in [4.78, 5) is 2.27. The average Bonchev–Trinajstić information content (AvgIpc) is 2.72. The number of halogens is 2. The summed E-state index contributed by atoms with van der Waals surface area (Å²) >= 11 is 13.0. The summed E-state index contributed by atoms with van der Waals surface area (Å²) < 4.78 is 13.7. The van der Waals surface area contributed by atoms with Crippen LogP contribution in [0.3, 0.4) is 0 Å². The quantitative estimate of drug-likeness (QED) is 0.422. The van der Waals surface area contributed by atoms with Crippen LogP contribution in [0.2, 0.25) is 0 Å². The Hall–Kier alpha value is -1.35. The van der Waals surface area contributed by atoms with Gasteiger partial charge in [0.2, 0.25) is 0 Å². The van der Waals surface area contributed by atoms with Crippen LogP contribution in [0.5, 0.6) is 0 Å². The van der Waals surface area contributed by atoms with Gasteiger partial charge in [0.05, 0.1) is 10.1 Å². The van der Waals surface area contributed by atoms with Crippen molar-refractivity contribution in [3.05, 3.63) is 83.4 Å². The molecule has 0 bridgehead atoms. The SMILES string of the molecule is CCN(CC)CCNP(=O)(/C=C(\Cl)c1ccccc1)/C=C(/Cl)c1ccccc1. The summed E-state index contributed by atoms with van der Waals surface area (Å²) in [6.45, 7) is 7.49. The van der Waals surface area contributed by atoms with Gasteiger partial charge in [-0.1, -0.05) is 97.7 Å². The van der Waals surface area contributed by atoms with Crippen molar-refractivity contribution in [3.8, 4) is 0 Å². The van der Waals surface area contributed by atoms with E-state index in [0.717, 1.165) is 30.8 Å². The second kappa shape index (κ2) is 11.6. The van der Waals surface area contributed by atoms with Crippen molar-refractivity contribution in [3.63, 3.8) is 0 Å². The fraction of sp³-hybridized carbons (Fsp3) is 0.273. The molecule has 0 saturated carbocycles. The zero-order valence-corrected chi connectivity index (χ0v) is 18.7. The lowest BCUT2D eigenvalue weighted by Crippen LogP contribution is -2.30. The van der Waals surface area contributed by atoms with E-state index in [-0.39, 0.29) is 0 Å². The molecule has 3 nitrogen and oxygen atoms in total. The molecule has 2 aromatic carbocycles. The molecular formula is C22H27Cl2N2OP. The van der Waals surface area contributed by atoms with Gasteiger partial charge in [-0.2, -0.15) is 0 Å². The Balaban J connectivity index is 2.30. The number of benzene rings is 2. The molecule has 0 aliphatic rings. The maximum Gasteiger partial charge on any atom is 0.193 e. The molecule has 0 aromatic heterocycles. The zero-order chi connectivity index (χ0) is 20.4. The first-order valence-corrected chi connectivity index (χ1v) is 12.0. The molecule has 6 heteroatoms. The normalized spacial score (nSPS) is 14.9. The smallest absolute Gasteiger partial charge is 0.193 e. The molecule has 0 radical (unpaired) electrons. The molecule has 0 aliphatic carbocycles. The Morgan fingerprint density at radius 1 is 0.893 bits per heavy atom. The third-order valence-electron chi connectivity index (χ3n) is 4.39. The summed E-state index contributed by atoms with van der Waals surface area (Å²) in [6.07, 6.45) is 0. The first kappa shape index (κ1) is 22.9. The third kappa shape index (κ3) is 7.24. The number of rotatable bonds is 10. The maximum absolute atomic E-state index is 13.7. The molecule has 2 aromatic rings. The van der Waals surface area contributed by atoms with E-state index in [2.05, 4.69) is 23.8 Å². The molecule has 0 aliphatic heterocycles. The van der Waals surface area contributed by atoms with Gasteiger partial charge in [-0.25, -0.2) is 0 Å². The molecule has 0 heterocycles. The lowest BCUT2D eigenvalue weighted by atomic mass is 10.2. The molecule has 150 valence electrons. The Kier molecular flexibility index (Phi) is 9.50. The molecule has 0 spiro atoms. The van der Waals surface area contributed by atoms with Crippen LogP contribution in [0.25, 0.3) is 10.1 Å². The van der Waals surface area contributed by atoms with E-state index >= 15 is 0 Å². The van der Waals surface area contributed by atoms with Gasteiger partial charge in [0.25, 0.3) is 0 Å². The highest BCUT2D eigenvalue weighted by Gasteiger charge is 2.19. The van der Waals surface area contributed by atoms with E-state index in [9.17, 15) is 4.57 Å². The van der Waals surface area contributed by atoms with Crippen LogP contribution in [0.15, 0.2) is 72.3 Å². The molecule has 0 saturated heterocycles. The van der Waals surface area contributed by atoms with Gasteiger partial charge in [-0.05, 0) is 24.2 Å². The van der Waals surface area contributed by atoms with Gasteiger partial charge in [-0.3, -0.25) is 9.65 Å². The van der Waals surface area contributed by atoms with Crippen LogP contribution in [0.4, 0.5) is 0 Å². The zero-order valence-electron chi connectivity index (χ0n) is 16.3. The fourth-order valence-corrected chi connectivity index (χ4v) is 5.53. The van der Waals surface area contributed by atoms with Crippen LogP contribution in [0.1, 0.15) is 25.0 Å². The topological polar surface area (TPSA) is 32.3 Å². The second-order valence-electron chi connectivity index (χ2n) is 6.33. The largest absolute Gasteiger partial charge is 0.303 e. The summed E-state index contributed by atoms with van der Waals surface area (Å²) in [6, 6.07) is 19.0. The van der Waals surface area contributed by atoms with E-state index in [0.29, 0.717) is 16.6 Å². The highest BCUT2D eigenvalue weighted by molar-refractivity contribution is 7.68. The number of hydrogen-bond acceptors (Lipinski definition) is 2. The minimum Gasteiger partial charge on any atom is -0.303 e. The van der Waals surface area contributed by atoms with Gasteiger partial charge in [0.1, 0.15) is 0 Å². The van der Waals surface area contributed by atoms with E-state index < -0.39 is 7.29 Å². The molecule has 1 unspecified atom stereocenters. The van der Waals surface area contributed by atoms with Gasteiger partial charge in [0, 0.05) is 24.7 Å². The summed E-state index contributed by atoms with van der Waals surface area (Å²) in [5.74, 6) is 3.19. The average molecular weight is 437 g/mol. The van der Waals surface area contributed by atoms with Crippen molar-refractivity contribution >= 4 is 40.6 Å². The minimum absolute atomic E-state index is 0.438. The highest BCUT2D eigenvalue weighted by Crippen LogP contribution is 2.50. The lowest BCUT2D eigenvalue weighted by molar-refractivity contribution is 0.309. The predicted molar refractivity (Wildman–Crippen MR) is 124 cm³/mol. The fourth-order valence-electron chi connectivity index (χ4n) is 2.73. The van der Waals surface area contributed by atoms with Crippen molar-refractivity contribution < 1.29 is 4.57 Å². The standard InChI is InChI=1S/C22H27Cl2N2OP/c1-3-26(4-2)16-15-25-28(27,17-21(23)19-11-7-5-8-12-19)18-22(24)20-13-9-6-10-14-20/h5-14,17-18H,3-4,15-16H2,1-2H3,(H,25,27)/b21-17-,22-18+. The molecule has 1 atom stereocenters. The highest BCUT2D eigenvalue weighted by atomic mass is 35.5. The van der Waals surface area contributed by atoms with E-state index in [1.165, 1.54) is 0 Å². The summed E-state index contributed by atoms with van der Waals surface area (Å²) in [7, 11) is -3.10. The first-order chi connectivity index (χ1) is 13.5. The minimum atomic E-state index is -3.10. The third-order valence-corrected chi connectivity index (χ3v) is 7.35. The molecule has 28 heavy (non-hydrogen) atoms. The predicted octanol–water partition coefficient (Wildman–Crippen LogP) is 6.67. The van der Waals surface area contributed by atoms with Crippen LogP contribution in [-0.4, -0.2) is 31.1 Å². The van der Waals surface area contributed by atoms with Crippen LogP contribution in [-0.2, 0) is 4.57 Å². The molecule has 1 N–H and O–H groups in total. The number of nitrogens with zero attached hydrogens (tertiary/aromatic N) is 1. The van der Waals surface area contributed by atoms with Gasteiger partial charge >= 0.3 is 0 Å². The van der Waals surface area contributed by atoms with Crippen molar-refractivity contribution in [2.24, 2.45) is 0 Å². The van der Waals surface area contributed by atoms with E-state index in [1.54, 1.807) is 11.6 Å². The Morgan fingerprint density at radius 2 is 1.32 bits per heavy atom. The van der Waals surface area contributed by atoms with Crippen molar-refractivity contribution in [2.75, 3.05) is 26.2 Å². The van der Waals surface area contributed by atoms with Crippen molar-refractivity contribution in [1.29, 1.82) is 0 Å². The van der Waals surface area contributed by atoms with E-state index in [4.69, 9.17) is 23.2 Å². The van der Waals surface area contributed by atoms with Gasteiger partial charge in [-0.15, -0.1) is 0 Å². The monoisotopic (exact) mass is 436 g/mol. The second-order valence-corrected chi connectivity index (χ2v) is 9.40. The molecular weight excluding hydrogens is 410 g/mol.